The minimum Gasteiger partial charge on any atom is -0.387 e. The normalized spacial score (nSPS) is 25.2. The number of halogens is 3. The van der Waals surface area contributed by atoms with Gasteiger partial charge >= 0.3 is 6.18 Å². The van der Waals surface area contributed by atoms with E-state index in [0.717, 1.165) is 0 Å². The van der Waals surface area contributed by atoms with E-state index in [1.165, 1.54) is 0 Å². The van der Waals surface area contributed by atoms with E-state index < -0.39 is 12.6 Å². The monoisotopic (exact) mass is 194 g/mol. The van der Waals surface area contributed by atoms with Gasteiger partial charge in [0, 0.05) is 19.4 Å². The lowest BCUT2D eigenvalue weighted by Gasteiger charge is -2.15. The third-order valence-electron chi connectivity index (χ3n) is 2.10. The van der Waals surface area contributed by atoms with Gasteiger partial charge in [-0.2, -0.15) is 13.2 Å². The van der Waals surface area contributed by atoms with Gasteiger partial charge in [0.25, 0.3) is 0 Å². The molecule has 0 fully saturated rings. The first-order valence-electron chi connectivity index (χ1n) is 4.33. The van der Waals surface area contributed by atoms with Crippen molar-refractivity contribution in [2.75, 3.05) is 6.54 Å². The summed E-state index contributed by atoms with van der Waals surface area (Å²) in [5, 5.41) is 0. The first-order valence-corrected chi connectivity index (χ1v) is 4.33. The van der Waals surface area contributed by atoms with Gasteiger partial charge in [0.05, 0.1) is 5.84 Å². The molecule has 2 N–H and O–H groups in total. The third kappa shape index (κ3) is 4.15. The van der Waals surface area contributed by atoms with Crippen molar-refractivity contribution in [3.8, 4) is 0 Å². The second kappa shape index (κ2) is 3.98. The van der Waals surface area contributed by atoms with E-state index in [1.54, 1.807) is 0 Å². The van der Waals surface area contributed by atoms with Crippen LogP contribution in [-0.2, 0) is 0 Å². The van der Waals surface area contributed by atoms with Crippen LogP contribution in [0.5, 0.6) is 0 Å². The minimum absolute atomic E-state index is 0.291. The third-order valence-corrected chi connectivity index (χ3v) is 2.10. The number of nitrogens with zero attached hydrogens (tertiary/aromatic N) is 1. The maximum Gasteiger partial charge on any atom is 0.389 e. The quantitative estimate of drug-likeness (QED) is 0.682. The Kier molecular flexibility index (Phi) is 3.17. The molecule has 0 saturated carbocycles. The van der Waals surface area contributed by atoms with Gasteiger partial charge in [-0.1, -0.05) is 0 Å². The van der Waals surface area contributed by atoms with Crippen molar-refractivity contribution in [3.63, 3.8) is 0 Å². The Balaban J connectivity index is 2.46. The molecule has 5 heteroatoms. The Hall–Kier alpha value is -0.740. The number of amidine groups is 1. The SMILES string of the molecule is NC1=NCCCC(CC(F)(F)F)C1. The topological polar surface area (TPSA) is 38.4 Å². The molecule has 1 rings (SSSR count). The zero-order valence-corrected chi connectivity index (χ0v) is 7.27. The molecule has 0 spiro atoms. The lowest BCUT2D eigenvalue weighted by molar-refractivity contribution is -0.144. The molecule has 0 aromatic heterocycles. The molecule has 2 nitrogen and oxygen atoms in total. The lowest BCUT2D eigenvalue weighted by atomic mass is 9.96. The Bertz CT molecular complexity index is 198. The molecule has 0 aliphatic carbocycles. The van der Waals surface area contributed by atoms with Crippen molar-refractivity contribution in [3.05, 3.63) is 0 Å². The average Bonchev–Trinajstić information content (AvgIpc) is 2.10. The van der Waals surface area contributed by atoms with E-state index in [1.807, 2.05) is 0 Å². The smallest absolute Gasteiger partial charge is 0.387 e. The van der Waals surface area contributed by atoms with Crippen molar-refractivity contribution in [2.45, 2.75) is 31.9 Å². The van der Waals surface area contributed by atoms with Crippen molar-refractivity contribution in [1.29, 1.82) is 0 Å². The molecule has 0 bridgehead atoms. The van der Waals surface area contributed by atoms with E-state index in [-0.39, 0.29) is 5.92 Å². The molecule has 0 radical (unpaired) electrons. The predicted octanol–water partition coefficient (Wildman–Crippen LogP) is 2.10. The second-order valence-corrected chi connectivity index (χ2v) is 3.40. The summed E-state index contributed by atoms with van der Waals surface area (Å²) < 4.78 is 36.1. The highest BCUT2D eigenvalue weighted by Gasteiger charge is 2.32. The highest BCUT2D eigenvalue weighted by Crippen LogP contribution is 2.30. The molecule has 1 atom stereocenters. The van der Waals surface area contributed by atoms with E-state index >= 15 is 0 Å². The summed E-state index contributed by atoms with van der Waals surface area (Å²) in [7, 11) is 0. The summed E-state index contributed by atoms with van der Waals surface area (Å²) in [5.74, 6) is -0.00185. The summed E-state index contributed by atoms with van der Waals surface area (Å²) in [5.41, 5.74) is 5.43. The first kappa shape index (κ1) is 10.3. The van der Waals surface area contributed by atoms with Crippen LogP contribution < -0.4 is 5.73 Å². The van der Waals surface area contributed by atoms with Crippen LogP contribution in [0, 0.1) is 5.92 Å². The van der Waals surface area contributed by atoms with Gasteiger partial charge in [-0.3, -0.25) is 4.99 Å². The fraction of sp³-hybridized carbons (Fsp3) is 0.875. The molecule has 76 valence electrons. The van der Waals surface area contributed by atoms with Gasteiger partial charge in [-0.15, -0.1) is 0 Å². The van der Waals surface area contributed by atoms with E-state index in [9.17, 15) is 13.2 Å². The maximum atomic E-state index is 12.0. The van der Waals surface area contributed by atoms with Crippen LogP contribution in [0.25, 0.3) is 0 Å². The average molecular weight is 194 g/mol. The van der Waals surface area contributed by atoms with Crippen molar-refractivity contribution < 1.29 is 13.2 Å². The van der Waals surface area contributed by atoms with Crippen LogP contribution in [0.1, 0.15) is 25.7 Å². The zero-order chi connectivity index (χ0) is 9.90. The molecule has 0 aromatic carbocycles. The van der Waals surface area contributed by atoms with Gasteiger partial charge < -0.3 is 5.73 Å². The molecule has 0 amide bonds. The van der Waals surface area contributed by atoms with Crippen LogP contribution in [0.3, 0.4) is 0 Å². The predicted molar refractivity (Wildman–Crippen MR) is 44.5 cm³/mol. The van der Waals surface area contributed by atoms with E-state index in [2.05, 4.69) is 4.99 Å². The molecule has 1 aliphatic heterocycles. The molecule has 13 heavy (non-hydrogen) atoms. The van der Waals surface area contributed by atoms with Crippen LogP contribution in [0.2, 0.25) is 0 Å². The van der Waals surface area contributed by atoms with Gasteiger partial charge in [0.1, 0.15) is 0 Å². The Morgan fingerprint density at radius 3 is 2.77 bits per heavy atom. The first-order chi connectivity index (χ1) is 5.97. The summed E-state index contributed by atoms with van der Waals surface area (Å²) in [6, 6.07) is 0. The lowest BCUT2D eigenvalue weighted by Crippen LogP contribution is -2.20. The van der Waals surface area contributed by atoms with Crippen LogP contribution in [-0.4, -0.2) is 18.6 Å². The highest BCUT2D eigenvalue weighted by molar-refractivity contribution is 5.80. The molecule has 1 unspecified atom stereocenters. The standard InChI is InChI=1S/C8H13F3N2/c9-8(10,11)5-6-2-1-3-13-7(12)4-6/h6H,1-5H2,(H2,12,13). The highest BCUT2D eigenvalue weighted by atomic mass is 19.4. The van der Waals surface area contributed by atoms with Crippen molar-refractivity contribution >= 4 is 5.84 Å². The number of rotatable bonds is 1. The molecule has 1 heterocycles. The van der Waals surface area contributed by atoms with E-state index in [4.69, 9.17) is 5.73 Å². The van der Waals surface area contributed by atoms with Gasteiger partial charge in [0.2, 0.25) is 0 Å². The largest absolute Gasteiger partial charge is 0.389 e. The number of hydrogen-bond donors (Lipinski definition) is 1. The van der Waals surface area contributed by atoms with E-state index in [0.29, 0.717) is 31.6 Å². The number of alkyl halides is 3. The van der Waals surface area contributed by atoms with Crippen LogP contribution in [0.4, 0.5) is 13.2 Å². The Morgan fingerprint density at radius 1 is 1.46 bits per heavy atom. The summed E-state index contributed by atoms with van der Waals surface area (Å²) in [6.45, 7) is 0.570. The van der Waals surface area contributed by atoms with Crippen LogP contribution in [0.15, 0.2) is 4.99 Å². The van der Waals surface area contributed by atoms with Gasteiger partial charge in [-0.05, 0) is 18.8 Å². The fourth-order valence-corrected chi connectivity index (χ4v) is 1.57. The Morgan fingerprint density at radius 2 is 2.15 bits per heavy atom. The molecular formula is C8H13F3N2. The maximum absolute atomic E-state index is 12.0. The summed E-state index contributed by atoms with van der Waals surface area (Å²) in [4.78, 5) is 3.93. The van der Waals surface area contributed by atoms with Gasteiger partial charge in [-0.25, -0.2) is 0 Å². The molecule has 0 aromatic rings. The summed E-state index contributed by atoms with van der Waals surface area (Å²) >= 11 is 0. The Labute approximate surface area is 75.0 Å². The number of hydrogen-bond acceptors (Lipinski definition) is 2. The number of aliphatic imine (C=N–C) groups is 1. The van der Waals surface area contributed by atoms with Gasteiger partial charge in [0.15, 0.2) is 0 Å². The molecule has 1 aliphatic rings. The summed E-state index contributed by atoms with van der Waals surface area (Å²) in [6.07, 6.45) is -3.23. The number of nitrogens with two attached hydrogens (primary N) is 1. The minimum atomic E-state index is -4.07. The zero-order valence-electron chi connectivity index (χ0n) is 7.27. The molecule has 0 saturated heterocycles. The van der Waals surface area contributed by atoms with Crippen molar-refractivity contribution in [1.82, 2.24) is 0 Å². The second-order valence-electron chi connectivity index (χ2n) is 3.40. The van der Waals surface area contributed by atoms with Crippen LogP contribution >= 0.6 is 0 Å². The molecular weight excluding hydrogens is 181 g/mol. The fourth-order valence-electron chi connectivity index (χ4n) is 1.57. The van der Waals surface area contributed by atoms with Crippen molar-refractivity contribution in [2.24, 2.45) is 16.6 Å².